The third kappa shape index (κ3) is 2.56. The van der Waals surface area contributed by atoms with Crippen LogP contribution in [-0.4, -0.2) is 27.6 Å². The zero-order valence-electron chi connectivity index (χ0n) is 10.7. The van der Waals surface area contributed by atoms with Gasteiger partial charge >= 0.3 is 5.97 Å². The van der Waals surface area contributed by atoms with E-state index in [-0.39, 0.29) is 5.97 Å². The first-order valence-electron chi connectivity index (χ1n) is 5.68. The Kier molecular flexibility index (Phi) is 3.41. The van der Waals surface area contributed by atoms with Crippen LogP contribution in [0, 0.1) is 0 Å². The number of fused-ring (bicyclic) bond motifs is 1. The minimum Gasteiger partial charge on any atom is -0.458 e. The van der Waals surface area contributed by atoms with Gasteiger partial charge in [0.25, 0.3) is 0 Å². The number of nitrogens with zero attached hydrogens (tertiary/aromatic N) is 3. The fourth-order valence-corrected chi connectivity index (χ4v) is 1.53. The van der Waals surface area contributed by atoms with Gasteiger partial charge in [0, 0.05) is 7.05 Å². The molecule has 0 radical (unpaired) electrons. The number of aryl methyl sites for hydroxylation is 1. The first-order chi connectivity index (χ1) is 8.58. The standard InChI is InChI=1S/C13H15N3O2/c1-9(2)6-7-18-13(17)10-4-5-12-11(8-10)14-15-16(12)3/h4-6,8H,7H2,1-3H3. The Morgan fingerprint density at radius 3 is 2.94 bits per heavy atom. The first-order valence-corrected chi connectivity index (χ1v) is 5.68. The molecule has 1 heterocycles. The number of allylic oxidation sites excluding steroid dienone is 1. The van der Waals surface area contributed by atoms with Crippen molar-refractivity contribution in [1.82, 2.24) is 15.0 Å². The zero-order chi connectivity index (χ0) is 13.1. The summed E-state index contributed by atoms with van der Waals surface area (Å²) in [6, 6.07) is 5.22. The van der Waals surface area contributed by atoms with Crippen LogP contribution in [0.25, 0.3) is 11.0 Å². The van der Waals surface area contributed by atoms with Crippen molar-refractivity contribution in [3.8, 4) is 0 Å². The van der Waals surface area contributed by atoms with Crippen molar-refractivity contribution < 1.29 is 9.53 Å². The molecule has 0 atom stereocenters. The van der Waals surface area contributed by atoms with Crippen molar-refractivity contribution in [3.63, 3.8) is 0 Å². The van der Waals surface area contributed by atoms with Crippen molar-refractivity contribution >= 4 is 17.0 Å². The minimum atomic E-state index is -0.347. The number of hydrogen-bond acceptors (Lipinski definition) is 4. The molecule has 5 heteroatoms. The van der Waals surface area contributed by atoms with Gasteiger partial charge in [-0.05, 0) is 38.1 Å². The smallest absolute Gasteiger partial charge is 0.338 e. The number of benzene rings is 1. The minimum absolute atomic E-state index is 0.291. The summed E-state index contributed by atoms with van der Waals surface area (Å²) in [4.78, 5) is 11.8. The highest BCUT2D eigenvalue weighted by molar-refractivity contribution is 5.93. The van der Waals surface area contributed by atoms with Crippen LogP contribution in [0.3, 0.4) is 0 Å². The molecular formula is C13H15N3O2. The van der Waals surface area contributed by atoms with Gasteiger partial charge in [0.05, 0.1) is 11.1 Å². The van der Waals surface area contributed by atoms with Gasteiger partial charge in [0.15, 0.2) is 0 Å². The molecule has 2 rings (SSSR count). The van der Waals surface area contributed by atoms with E-state index in [0.717, 1.165) is 11.1 Å². The van der Waals surface area contributed by atoms with Crippen LogP contribution in [0.2, 0.25) is 0 Å². The van der Waals surface area contributed by atoms with Crippen LogP contribution in [-0.2, 0) is 11.8 Å². The predicted molar refractivity (Wildman–Crippen MR) is 68.2 cm³/mol. The van der Waals surface area contributed by atoms with E-state index in [1.165, 1.54) is 0 Å². The molecule has 94 valence electrons. The average molecular weight is 245 g/mol. The van der Waals surface area contributed by atoms with E-state index in [2.05, 4.69) is 10.3 Å². The van der Waals surface area contributed by atoms with Crippen LogP contribution in [0.5, 0.6) is 0 Å². The summed E-state index contributed by atoms with van der Waals surface area (Å²) in [6.07, 6.45) is 1.86. The van der Waals surface area contributed by atoms with Gasteiger partial charge in [-0.15, -0.1) is 5.10 Å². The predicted octanol–water partition coefficient (Wildman–Crippen LogP) is 2.09. The highest BCUT2D eigenvalue weighted by Crippen LogP contribution is 2.13. The van der Waals surface area contributed by atoms with Gasteiger partial charge in [-0.2, -0.15) is 0 Å². The SMILES string of the molecule is CC(C)=CCOC(=O)c1ccc2c(c1)nnn2C. The molecule has 0 aliphatic carbocycles. The number of carbonyl (C=O) groups is 1. The third-order valence-corrected chi connectivity index (χ3v) is 2.55. The Hall–Kier alpha value is -2.17. The summed E-state index contributed by atoms with van der Waals surface area (Å²) in [7, 11) is 1.81. The zero-order valence-corrected chi connectivity index (χ0v) is 10.7. The lowest BCUT2D eigenvalue weighted by atomic mass is 10.2. The van der Waals surface area contributed by atoms with Crippen LogP contribution in [0.4, 0.5) is 0 Å². The maximum Gasteiger partial charge on any atom is 0.338 e. The molecule has 1 aromatic carbocycles. The maximum absolute atomic E-state index is 11.8. The third-order valence-electron chi connectivity index (χ3n) is 2.55. The molecule has 0 aliphatic rings. The summed E-state index contributed by atoms with van der Waals surface area (Å²) in [5.74, 6) is -0.347. The van der Waals surface area contributed by atoms with Crippen LogP contribution >= 0.6 is 0 Å². The van der Waals surface area contributed by atoms with Crippen LogP contribution in [0.15, 0.2) is 29.8 Å². The molecule has 0 amide bonds. The molecule has 0 bridgehead atoms. The normalized spacial score (nSPS) is 10.4. The number of esters is 1. The van der Waals surface area contributed by atoms with Gasteiger partial charge < -0.3 is 4.74 Å². The van der Waals surface area contributed by atoms with Crippen molar-refractivity contribution in [1.29, 1.82) is 0 Å². The Balaban J connectivity index is 2.15. The Bertz CT molecular complexity index is 610. The Morgan fingerprint density at radius 2 is 2.22 bits per heavy atom. The molecule has 0 N–H and O–H groups in total. The highest BCUT2D eigenvalue weighted by Gasteiger charge is 2.09. The number of hydrogen-bond donors (Lipinski definition) is 0. The summed E-state index contributed by atoms with van der Waals surface area (Å²) < 4.78 is 6.78. The van der Waals surface area contributed by atoms with Gasteiger partial charge in [0.1, 0.15) is 12.1 Å². The molecule has 0 fully saturated rings. The van der Waals surface area contributed by atoms with E-state index in [9.17, 15) is 4.79 Å². The molecule has 5 nitrogen and oxygen atoms in total. The largest absolute Gasteiger partial charge is 0.458 e. The second kappa shape index (κ2) is 5.00. The molecular weight excluding hydrogens is 230 g/mol. The highest BCUT2D eigenvalue weighted by atomic mass is 16.5. The molecule has 0 spiro atoms. The van der Waals surface area contributed by atoms with Crippen LogP contribution < -0.4 is 0 Å². The van der Waals surface area contributed by atoms with Gasteiger partial charge in [-0.25, -0.2) is 9.48 Å². The van der Waals surface area contributed by atoms with E-state index in [0.29, 0.717) is 17.7 Å². The van der Waals surface area contributed by atoms with Crippen molar-refractivity contribution in [2.24, 2.45) is 7.05 Å². The Labute approximate surface area is 105 Å². The van der Waals surface area contributed by atoms with Gasteiger partial charge in [-0.1, -0.05) is 10.8 Å². The lowest BCUT2D eigenvalue weighted by molar-refractivity contribution is 0.0549. The summed E-state index contributed by atoms with van der Waals surface area (Å²) >= 11 is 0. The molecule has 0 saturated carbocycles. The quantitative estimate of drug-likeness (QED) is 0.613. The Morgan fingerprint density at radius 1 is 1.44 bits per heavy atom. The second-order valence-corrected chi connectivity index (χ2v) is 4.30. The fourth-order valence-electron chi connectivity index (χ4n) is 1.53. The van der Waals surface area contributed by atoms with E-state index in [1.54, 1.807) is 16.8 Å². The number of ether oxygens (including phenoxy) is 1. The lowest BCUT2D eigenvalue weighted by Crippen LogP contribution is -2.05. The summed E-state index contributed by atoms with van der Waals surface area (Å²) in [5, 5.41) is 7.85. The lowest BCUT2D eigenvalue weighted by Gasteiger charge is -2.02. The maximum atomic E-state index is 11.8. The van der Waals surface area contributed by atoms with Crippen molar-refractivity contribution in [2.45, 2.75) is 13.8 Å². The molecule has 2 aromatic rings. The molecule has 18 heavy (non-hydrogen) atoms. The molecule has 0 unspecified atom stereocenters. The number of rotatable bonds is 3. The van der Waals surface area contributed by atoms with Crippen molar-refractivity contribution in [2.75, 3.05) is 6.61 Å². The number of aromatic nitrogens is 3. The fraction of sp³-hybridized carbons (Fsp3) is 0.308. The summed E-state index contributed by atoms with van der Waals surface area (Å²) in [5.41, 5.74) is 3.18. The van der Waals surface area contributed by atoms with Crippen LogP contribution in [0.1, 0.15) is 24.2 Å². The average Bonchev–Trinajstić information content (AvgIpc) is 2.70. The van der Waals surface area contributed by atoms with E-state index in [4.69, 9.17) is 4.74 Å². The summed E-state index contributed by atoms with van der Waals surface area (Å²) in [6.45, 7) is 4.21. The van der Waals surface area contributed by atoms with E-state index >= 15 is 0 Å². The van der Waals surface area contributed by atoms with E-state index < -0.39 is 0 Å². The molecule has 0 aliphatic heterocycles. The number of carbonyl (C=O) groups excluding carboxylic acids is 1. The van der Waals surface area contributed by atoms with Gasteiger partial charge in [-0.3, -0.25) is 0 Å². The topological polar surface area (TPSA) is 57.0 Å². The molecule has 1 aromatic heterocycles. The van der Waals surface area contributed by atoms with Crippen molar-refractivity contribution in [3.05, 3.63) is 35.4 Å². The van der Waals surface area contributed by atoms with E-state index in [1.807, 2.05) is 33.0 Å². The van der Waals surface area contributed by atoms with Gasteiger partial charge in [0.2, 0.25) is 0 Å². The molecule has 0 saturated heterocycles. The second-order valence-electron chi connectivity index (χ2n) is 4.30. The monoisotopic (exact) mass is 245 g/mol. The first kappa shape index (κ1) is 12.3.